The topological polar surface area (TPSA) is 43.0 Å². The number of fused-ring (bicyclic) bond motifs is 1. The Morgan fingerprint density at radius 3 is 2.78 bits per heavy atom. The first-order chi connectivity index (χ1) is 11.3. The Hall–Kier alpha value is -2.49. The number of anilines is 1. The van der Waals surface area contributed by atoms with Crippen LogP contribution in [0.3, 0.4) is 0 Å². The second kappa shape index (κ2) is 5.95. The molecule has 0 saturated heterocycles. The molecule has 3 aromatic rings. The van der Waals surface area contributed by atoms with Gasteiger partial charge in [0.05, 0.1) is 12.0 Å². The van der Waals surface area contributed by atoms with Crippen LogP contribution < -0.4 is 5.32 Å². The molecule has 0 spiro atoms. The highest BCUT2D eigenvalue weighted by Crippen LogP contribution is 2.24. The van der Waals surface area contributed by atoms with E-state index in [4.69, 9.17) is 9.40 Å². The summed E-state index contributed by atoms with van der Waals surface area (Å²) in [4.78, 5) is 4.78. The third-order valence-corrected chi connectivity index (χ3v) is 4.54. The van der Waals surface area contributed by atoms with E-state index in [1.165, 1.54) is 29.8 Å². The van der Waals surface area contributed by atoms with Crippen molar-refractivity contribution in [3.63, 3.8) is 0 Å². The van der Waals surface area contributed by atoms with Gasteiger partial charge < -0.3 is 14.3 Å². The second-order valence-corrected chi connectivity index (χ2v) is 6.13. The first-order valence-corrected chi connectivity index (χ1v) is 8.23. The molecule has 4 nitrogen and oxygen atoms in total. The van der Waals surface area contributed by atoms with E-state index in [0.717, 1.165) is 36.7 Å². The first kappa shape index (κ1) is 14.1. The van der Waals surface area contributed by atoms with Gasteiger partial charge in [-0.05, 0) is 38.0 Å². The Morgan fingerprint density at radius 2 is 2.04 bits per heavy atom. The van der Waals surface area contributed by atoms with Gasteiger partial charge in [0.25, 0.3) is 0 Å². The number of hydrogen-bond acceptors (Lipinski definition) is 3. The van der Waals surface area contributed by atoms with Gasteiger partial charge in [-0.2, -0.15) is 0 Å². The summed E-state index contributed by atoms with van der Waals surface area (Å²) in [5.74, 6) is 2.20. The molecule has 1 aromatic carbocycles. The summed E-state index contributed by atoms with van der Waals surface area (Å²) in [6, 6.07) is 10.5. The third-order valence-electron chi connectivity index (χ3n) is 4.54. The summed E-state index contributed by atoms with van der Waals surface area (Å²) < 4.78 is 7.62. The van der Waals surface area contributed by atoms with Crippen molar-refractivity contribution in [2.24, 2.45) is 0 Å². The molecule has 23 heavy (non-hydrogen) atoms. The third kappa shape index (κ3) is 2.89. The van der Waals surface area contributed by atoms with Crippen LogP contribution in [0.25, 0.3) is 11.3 Å². The Kier molecular flexibility index (Phi) is 3.66. The van der Waals surface area contributed by atoms with Crippen molar-refractivity contribution in [3.8, 4) is 11.3 Å². The molecule has 2 aromatic heterocycles. The predicted molar refractivity (Wildman–Crippen MR) is 91.4 cm³/mol. The van der Waals surface area contributed by atoms with Crippen molar-refractivity contribution in [2.45, 2.75) is 39.3 Å². The van der Waals surface area contributed by atoms with E-state index in [2.05, 4.69) is 40.3 Å². The van der Waals surface area contributed by atoms with Gasteiger partial charge >= 0.3 is 0 Å². The van der Waals surface area contributed by atoms with Crippen LogP contribution in [-0.4, -0.2) is 9.55 Å². The Labute approximate surface area is 136 Å². The van der Waals surface area contributed by atoms with Crippen LogP contribution in [0.15, 0.2) is 47.2 Å². The molecule has 0 aliphatic carbocycles. The molecule has 1 N–H and O–H groups in total. The summed E-state index contributed by atoms with van der Waals surface area (Å²) in [6.07, 6.45) is 7.54. The highest BCUT2D eigenvalue weighted by atomic mass is 16.3. The Morgan fingerprint density at radius 1 is 1.17 bits per heavy atom. The Bertz CT molecular complexity index is 775. The zero-order valence-corrected chi connectivity index (χ0v) is 13.4. The summed E-state index contributed by atoms with van der Waals surface area (Å²) >= 11 is 0. The zero-order chi connectivity index (χ0) is 15.6. The number of hydrogen-bond donors (Lipinski definition) is 1. The molecule has 1 aliphatic heterocycles. The highest BCUT2D eigenvalue weighted by Gasteiger charge is 2.13. The van der Waals surface area contributed by atoms with E-state index in [-0.39, 0.29) is 0 Å². The number of benzene rings is 1. The van der Waals surface area contributed by atoms with Crippen molar-refractivity contribution in [3.05, 3.63) is 59.9 Å². The first-order valence-electron chi connectivity index (χ1n) is 8.23. The van der Waals surface area contributed by atoms with Crippen LogP contribution in [-0.2, 0) is 19.5 Å². The van der Waals surface area contributed by atoms with Gasteiger partial charge in [0.15, 0.2) is 0 Å². The van der Waals surface area contributed by atoms with Crippen molar-refractivity contribution >= 4 is 5.69 Å². The number of aromatic nitrogens is 2. The van der Waals surface area contributed by atoms with Crippen LogP contribution in [0.2, 0.25) is 0 Å². The fraction of sp³-hybridized carbons (Fsp3) is 0.316. The number of furan rings is 1. The molecule has 118 valence electrons. The number of aryl methyl sites for hydroxylation is 3. The minimum Gasteiger partial charge on any atom is -0.469 e. The van der Waals surface area contributed by atoms with Gasteiger partial charge in [-0.25, -0.2) is 4.98 Å². The van der Waals surface area contributed by atoms with Gasteiger partial charge in [0, 0.05) is 42.5 Å². The fourth-order valence-electron chi connectivity index (χ4n) is 3.10. The maximum Gasteiger partial charge on any atom is 0.109 e. The van der Waals surface area contributed by atoms with Crippen LogP contribution in [0.4, 0.5) is 5.69 Å². The van der Waals surface area contributed by atoms with Gasteiger partial charge in [-0.15, -0.1) is 0 Å². The van der Waals surface area contributed by atoms with E-state index >= 15 is 0 Å². The van der Waals surface area contributed by atoms with Gasteiger partial charge in [-0.1, -0.05) is 12.1 Å². The minimum absolute atomic E-state index is 0.778. The van der Waals surface area contributed by atoms with Crippen molar-refractivity contribution in [1.29, 1.82) is 0 Å². The largest absolute Gasteiger partial charge is 0.469 e. The van der Waals surface area contributed by atoms with Crippen LogP contribution in [0.1, 0.15) is 30.0 Å². The Balaban J connectivity index is 1.47. The van der Waals surface area contributed by atoms with E-state index in [1.54, 1.807) is 6.26 Å². The van der Waals surface area contributed by atoms with Crippen molar-refractivity contribution in [1.82, 2.24) is 9.55 Å². The van der Waals surface area contributed by atoms with Gasteiger partial charge in [-0.3, -0.25) is 0 Å². The predicted octanol–water partition coefficient (Wildman–Crippen LogP) is 4.40. The molecule has 0 fully saturated rings. The van der Waals surface area contributed by atoms with E-state index < -0.39 is 0 Å². The normalized spacial score (nSPS) is 13.8. The molecule has 0 radical (unpaired) electrons. The monoisotopic (exact) mass is 307 g/mol. The van der Waals surface area contributed by atoms with Crippen molar-refractivity contribution in [2.75, 3.05) is 5.32 Å². The summed E-state index contributed by atoms with van der Waals surface area (Å²) in [5.41, 5.74) is 4.56. The van der Waals surface area contributed by atoms with Gasteiger partial charge in [0.2, 0.25) is 0 Å². The van der Waals surface area contributed by atoms with E-state index in [9.17, 15) is 0 Å². The second-order valence-electron chi connectivity index (χ2n) is 6.13. The molecule has 0 saturated carbocycles. The molecular weight excluding hydrogens is 286 g/mol. The van der Waals surface area contributed by atoms with Crippen LogP contribution in [0.5, 0.6) is 0 Å². The lowest BCUT2D eigenvalue weighted by Crippen LogP contribution is -2.08. The molecular formula is C19H21N3O. The molecule has 4 rings (SSSR count). The standard InChI is InChI=1S/C19H21N3O/c1-14-16(9-11-23-14)12-20-17-7-5-15(6-8-17)18-13-22-10-3-2-4-19(22)21-18/h5-9,11,13,20H,2-4,10,12H2,1H3. The maximum absolute atomic E-state index is 5.32. The number of rotatable bonds is 4. The summed E-state index contributed by atoms with van der Waals surface area (Å²) in [7, 11) is 0. The fourth-order valence-corrected chi connectivity index (χ4v) is 3.10. The lowest BCUT2D eigenvalue weighted by atomic mass is 10.1. The smallest absolute Gasteiger partial charge is 0.109 e. The number of nitrogens with one attached hydrogen (secondary N) is 1. The quantitative estimate of drug-likeness (QED) is 0.777. The summed E-state index contributed by atoms with van der Waals surface area (Å²) in [5, 5.41) is 3.43. The molecule has 3 heterocycles. The molecule has 0 bridgehead atoms. The molecule has 0 amide bonds. The number of imidazole rings is 1. The van der Waals surface area contributed by atoms with Gasteiger partial charge in [0.1, 0.15) is 11.6 Å². The molecule has 4 heteroatoms. The number of nitrogens with zero attached hydrogens (tertiary/aromatic N) is 2. The van der Waals surface area contributed by atoms with E-state index in [1.807, 2.05) is 13.0 Å². The van der Waals surface area contributed by atoms with Crippen LogP contribution >= 0.6 is 0 Å². The van der Waals surface area contributed by atoms with Crippen molar-refractivity contribution < 1.29 is 4.42 Å². The average molecular weight is 307 g/mol. The summed E-state index contributed by atoms with van der Waals surface area (Å²) in [6.45, 7) is 3.87. The zero-order valence-electron chi connectivity index (χ0n) is 13.4. The van der Waals surface area contributed by atoms with E-state index in [0.29, 0.717) is 0 Å². The van der Waals surface area contributed by atoms with Crippen LogP contribution in [0, 0.1) is 6.92 Å². The molecule has 1 aliphatic rings. The average Bonchev–Trinajstić information content (AvgIpc) is 3.19. The SMILES string of the molecule is Cc1occc1CNc1ccc(-c2cn3c(n2)CCCC3)cc1. The lowest BCUT2D eigenvalue weighted by molar-refractivity contribution is 0.522. The molecule has 0 unspecified atom stereocenters. The lowest BCUT2D eigenvalue weighted by Gasteiger charge is -2.11. The highest BCUT2D eigenvalue weighted by molar-refractivity contribution is 5.62. The molecule has 0 atom stereocenters. The maximum atomic E-state index is 5.32. The minimum atomic E-state index is 0.778.